The van der Waals surface area contributed by atoms with E-state index in [9.17, 15) is 8.42 Å². The van der Waals surface area contributed by atoms with Gasteiger partial charge in [-0.3, -0.25) is 4.57 Å². The molecule has 0 aliphatic rings. The molecule has 0 aliphatic carbocycles. The number of halogens is 2. The molecule has 0 saturated heterocycles. The number of nitrogens with zero attached hydrogens (tertiary/aromatic N) is 4. The molecule has 1 N–H and O–H groups in total. The Balaban J connectivity index is 2.29. The topological polar surface area (TPSA) is 99.0 Å². The summed E-state index contributed by atoms with van der Waals surface area (Å²) in [6, 6.07) is 1.10. The van der Waals surface area contributed by atoms with Gasteiger partial charge in [0, 0.05) is 12.7 Å². The normalized spacial score (nSPS) is 13.1. The van der Waals surface area contributed by atoms with Gasteiger partial charge in [0.15, 0.2) is 5.82 Å². The summed E-state index contributed by atoms with van der Waals surface area (Å²) in [5, 5.41) is 8.04. The van der Waals surface area contributed by atoms with Crippen molar-refractivity contribution in [1.29, 1.82) is 0 Å². The van der Waals surface area contributed by atoms with Crippen LogP contribution in [0.25, 0.3) is 0 Å². The second kappa shape index (κ2) is 7.12. The molecule has 0 saturated carbocycles. The van der Waals surface area contributed by atoms with Gasteiger partial charge in [-0.25, -0.2) is 18.1 Å². The Hall–Kier alpha value is -1.23. The van der Waals surface area contributed by atoms with Crippen LogP contribution in [0.3, 0.4) is 0 Å². The molecule has 0 aromatic carbocycles. The van der Waals surface area contributed by atoms with Crippen molar-refractivity contribution in [2.24, 2.45) is 0 Å². The lowest BCUT2D eigenvalue weighted by Crippen LogP contribution is -2.29. The lowest BCUT2D eigenvalue weighted by Gasteiger charge is -2.15. The zero-order chi connectivity index (χ0) is 17.2. The van der Waals surface area contributed by atoms with Crippen LogP contribution >= 0.6 is 27.5 Å². The molecule has 0 unspecified atom stereocenters. The van der Waals surface area contributed by atoms with Gasteiger partial charge in [0.25, 0.3) is 0 Å². The number of hydrogen-bond donors (Lipinski definition) is 1. The van der Waals surface area contributed by atoms with Gasteiger partial charge < -0.3 is 4.74 Å². The first-order valence-electron chi connectivity index (χ1n) is 6.60. The molecule has 126 valence electrons. The van der Waals surface area contributed by atoms with Crippen molar-refractivity contribution in [3.8, 4) is 6.01 Å². The van der Waals surface area contributed by atoms with Gasteiger partial charge in [-0.1, -0.05) is 16.7 Å². The maximum absolute atomic E-state index is 12.5. The van der Waals surface area contributed by atoms with Gasteiger partial charge in [-0.05, 0) is 35.8 Å². The van der Waals surface area contributed by atoms with Gasteiger partial charge in [-0.2, -0.15) is 0 Å². The molecule has 0 fully saturated rings. The van der Waals surface area contributed by atoms with Crippen LogP contribution in [0.1, 0.15) is 25.7 Å². The van der Waals surface area contributed by atoms with Crippen molar-refractivity contribution in [3.63, 3.8) is 0 Å². The highest BCUT2D eigenvalue weighted by molar-refractivity contribution is 9.10. The zero-order valence-electron chi connectivity index (χ0n) is 12.6. The molecule has 11 heteroatoms. The van der Waals surface area contributed by atoms with Crippen LogP contribution in [0, 0.1) is 0 Å². The molecule has 2 aromatic heterocycles. The summed E-state index contributed by atoms with van der Waals surface area (Å²) in [5.41, 5.74) is 0. The number of aromatic nitrogens is 4. The van der Waals surface area contributed by atoms with Crippen LogP contribution in [0.15, 0.2) is 21.6 Å². The van der Waals surface area contributed by atoms with Gasteiger partial charge in [0.05, 0.1) is 17.6 Å². The first-order chi connectivity index (χ1) is 10.8. The third kappa shape index (κ3) is 3.82. The fourth-order valence-electron chi connectivity index (χ4n) is 1.97. The van der Waals surface area contributed by atoms with E-state index < -0.39 is 16.1 Å². The third-order valence-electron chi connectivity index (χ3n) is 3.04. The average Bonchev–Trinajstić information content (AvgIpc) is 2.92. The van der Waals surface area contributed by atoms with Crippen LogP contribution in [0.5, 0.6) is 6.01 Å². The quantitative estimate of drug-likeness (QED) is 0.713. The molecule has 0 bridgehead atoms. The summed E-state index contributed by atoms with van der Waals surface area (Å²) >= 11 is 8.94. The molecule has 2 heterocycles. The minimum Gasteiger partial charge on any atom is -0.467 e. The molecular formula is C12H15BrClN5O3S. The van der Waals surface area contributed by atoms with Crippen molar-refractivity contribution in [1.82, 2.24) is 24.5 Å². The van der Waals surface area contributed by atoms with Gasteiger partial charge >= 0.3 is 6.01 Å². The molecule has 0 radical (unpaired) electrons. The number of pyridine rings is 1. The number of nitrogens with one attached hydrogen (secondary N) is 1. The van der Waals surface area contributed by atoms with Crippen molar-refractivity contribution < 1.29 is 13.2 Å². The van der Waals surface area contributed by atoms with Gasteiger partial charge in [0.1, 0.15) is 10.0 Å². The second-order valence-electron chi connectivity index (χ2n) is 4.58. The average molecular weight is 425 g/mol. The number of rotatable bonds is 6. The van der Waals surface area contributed by atoms with Crippen molar-refractivity contribution >= 4 is 37.6 Å². The second-order valence-corrected chi connectivity index (χ2v) is 7.50. The van der Waals surface area contributed by atoms with E-state index in [1.165, 1.54) is 19.4 Å². The SMILES string of the molecule is CCn1c(OC)nnc1[C@@H](C)NS(=O)(=O)c1cnc(Cl)c(Br)c1. The van der Waals surface area contributed by atoms with Crippen LogP contribution in [-0.4, -0.2) is 35.3 Å². The first-order valence-corrected chi connectivity index (χ1v) is 9.26. The van der Waals surface area contributed by atoms with Gasteiger partial charge in [0.2, 0.25) is 10.0 Å². The zero-order valence-corrected chi connectivity index (χ0v) is 15.8. The van der Waals surface area contributed by atoms with E-state index in [2.05, 4.69) is 35.8 Å². The molecule has 8 nitrogen and oxygen atoms in total. The fraction of sp³-hybridized carbons (Fsp3) is 0.417. The van der Waals surface area contributed by atoms with E-state index in [1.807, 2.05) is 6.92 Å². The third-order valence-corrected chi connectivity index (χ3v) is 5.69. The Kier molecular flexibility index (Phi) is 5.61. The number of ether oxygens (including phenoxy) is 1. The highest BCUT2D eigenvalue weighted by Gasteiger charge is 2.24. The summed E-state index contributed by atoms with van der Waals surface area (Å²) < 4.78 is 34.6. The Bertz CT molecular complexity index is 811. The van der Waals surface area contributed by atoms with E-state index in [1.54, 1.807) is 11.5 Å². The predicted molar refractivity (Wildman–Crippen MR) is 87.9 cm³/mol. The first kappa shape index (κ1) is 18.1. The largest absolute Gasteiger partial charge is 0.467 e. The van der Waals surface area contributed by atoms with Crippen LogP contribution in [0.4, 0.5) is 0 Å². The molecule has 0 aliphatic heterocycles. The van der Waals surface area contributed by atoms with Crippen LogP contribution < -0.4 is 9.46 Å². The van der Waals surface area contributed by atoms with Crippen molar-refractivity contribution in [3.05, 3.63) is 27.7 Å². The summed E-state index contributed by atoms with van der Waals surface area (Å²) in [7, 11) is -2.31. The number of sulfonamides is 1. The number of hydrogen-bond acceptors (Lipinski definition) is 6. The number of methoxy groups -OCH3 is 1. The smallest absolute Gasteiger partial charge is 0.316 e. The Labute approximate surface area is 147 Å². The lowest BCUT2D eigenvalue weighted by atomic mass is 10.3. The van der Waals surface area contributed by atoms with E-state index in [4.69, 9.17) is 16.3 Å². The molecule has 1 atom stereocenters. The standard InChI is InChI=1S/C12H15BrClN5O3S/c1-4-19-11(16-17-12(19)22-3)7(2)18-23(20,21)8-5-9(13)10(14)15-6-8/h5-7,18H,4H2,1-3H3/t7-/m1/s1. The van der Waals surface area contributed by atoms with E-state index >= 15 is 0 Å². The van der Waals surface area contributed by atoms with Crippen molar-refractivity contribution in [2.75, 3.05) is 7.11 Å². The van der Waals surface area contributed by atoms with E-state index in [-0.39, 0.29) is 10.0 Å². The minimum atomic E-state index is -3.79. The monoisotopic (exact) mass is 423 g/mol. The molecule has 0 spiro atoms. The molecule has 23 heavy (non-hydrogen) atoms. The Morgan fingerprint density at radius 3 is 2.74 bits per heavy atom. The predicted octanol–water partition coefficient (Wildman–Crippen LogP) is 2.16. The summed E-state index contributed by atoms with van der Waals surface area (Å²) in [6.07, 6.45) is 1.19. The summed E-state index contributed by atoms with van der Waals surface area (Å²) in [4.78, 5) is 3.82. The maximum atomic E-state index is 12.5. The summed E-state index contributed by atoms with van der Waals surface area (Å²) in [5.74, 6) is 0.453. The lowest BCUT2D eigenvalue weighted by molar-refractivity contribution is 0.354. The Morgan fingerprint density at radius 1 is 1.48 bits per heavy atom. The molecule has 2 aromatic rings. The van der Waals surface area contributed by atoms with E-state index in [0.717, 1.165) is 0 Å². The minimum absolute atomic E-state index is 0.00449. The maximum Gasteiger partial charge on any atom is 0.316 e. The highest BCUT2D eigenvalue weighted by Crippen LogP contribution is 2.24. The van der Waals surface area contributed by atoms with Crippen LogP contribution in [0.2, 0.25) is 5.15 Å². The molecular weight excluding hydrogens is 410 g/mol. The van der Waals surface area contributed by atoms with Crippen LogP contribution in [-0.2, 0) is 16.6 Å². The molecule has 2 rings (SSSR count). The summed E-state index contributed by atoms with van der Waals surface area (Å²) in [6.45, 7) is 4.11. The van der Waals surface area contributed by atoms with Crippen molar-refractivity contribution in [2.45, 2.75) is 31.3 Å². The van der Waals surface area contributed by atoms with E-state index in [0.29, 0.717) is 22.9 Å². The van der Waals surface area contributed by atoms with Gasteiger partial charge in [-0.15, -0.1) is 5.10 Å². The highest BCUT2D eigenvalue weighted by atomic mass is 79.9. The fourth-order valence-corrected chi connectivity index (χ4v) is 3.75. The Morgan fingerprint density at radius 2 is 2.17 bits per heavy atom. The molecule has 0 amide bonds.